The highest BCUT2D eigenvalue weighted by atomic mass is 16.5. The smallest absolute Gasteiger partial charge is 0.255 e. The van der Waals surface area contributed by atoms with E-state index in [-0.39, 0.29) is 5.91 Å². The van der Waals surface area contributed by atoms with E-state index in [0.717, 1.165) is 19.5 Å². The Morgan fingerprint density at radius 1 is 1.50 bits per heavy atom. The van der Waals surface area contributed by atoms with E-state index in [2.05, 4.69) is 4.98 Å². The third-order valence-electron chi connectivity index (χ3n) is 2.34. The van der Waals surface area contributed by atoms with E-state index in [9.17, 15) is 4.79 Å². The van der Waals surface area contributed by atoms with E-state index in [1.807, 2.05) is 4.90 Å². The minimum absolute atomic E-state index is 0.0615. The van der Waals surface area contributed by atoms with Crippen molar-refractivity contribution in [2.24, 2.45) is 0 Å². The maximum absolute atomic E-state index is 11.7. The number of aromatic nitrogens is 1. The number of hydrogen-bond acceptors (Lipinski definition) is 3. The zero-order chi connectivity index (χ0) is 9.97. The molecule has 0 aliphatic carbocycles. The van der Waals surface area contributed by atoms with Crippen LogP contribution in [-0.2, 0) is 0 Å². The van der Waals surface area contributed by atoms with E-state index >= 15 is 0 Å². The van der Waals surface area contributed by atoms with Crippen LogP contribution < -0.4 is 4.74 Å². The lowest BCUT2D eigenvalue weighted by atomic mass is 10.1. The second-order valence-electron chi connectivity index (χ2n) is 3.23. The number of likely N-dealkylation sites (tertiary alicyclic amines) is 1. The first-order valence-corrected chi connectivity index (χ1v) is 4.60. The molecule has 0 bridgehead atoms. The van der Waals surface area contributed by atoms with Crippen LogP contribution in [0.4, 0.5) is 0 Å². The fraction of sp³-hybridized carbons (Fsp3) is 0.400. The summed E-state index contributed by atoms with van der Waals surface area (Å²) in [6, 6.07) is 3.44. The number of carbonyl (C=O) groups excluding carboxylic acids is 1. The summed E-state index contributed by atoms with van der Waals surface area (Å²) in [4.78, 5) is 17.5. The van der Waals surface area contributed by atoms with Gasteiger partial charge in [-0.25, -0.2) is 4.98 Å². The van der Waals surface area contributed by atoms with Gasteiger partial charge in [0.15, 0.2) is 0 Å². The quantitative estimate of drug-likeness (QED) is 0.700. The minimum Gasteiger partial charge on any atom is -0.481 e. The second kappa shape index (κ2) is 3.65. The molecule has 1 aliphatic rings. The molecule has 1 aromatic rings. The van der Waals surface area contributed by atoms with E-state index in [1.165, 1.54) is 0 Å². The average Bonchev–Trinajstić information content (AvgIpc) is 2.15. The molecular weight excluding hydrogens is 180 g/mol. The number of ether oxygens (including phenoxy) is 1. The summed E-state index contributed by atoms with van der Waals surface area (Å²) in [6.45, 7) is 1.73. The lowest BCUT2D eigenvalue weighted by Gasteiger charge is -2.30. The van der Waals surface area contributed by atoms with Gasteiger partial charge in [-0.05, 0) is 12.5 Å². The lowest BCUT2D eigenvalue weighted by molar-refractivity contribution is 0.0651. The first kappa shape index (κ1) is 8.99. The molecule has 2 heterocycles. The predicted octanol–water partition coefficient (Wildman–Crippen LogP) is 0.936. The van der Waals surface area contributed by atoms with Crippen LogP contribution in [0.15, 0.2) is 18.3 Å². The Hall–Kier alpha value is -1.58. The van der Waals surface area contributed by atoms with Crippen molar-refractivity contribution in [2.45, 2.75) is 6.42 Å². The van der Waals surface area contributed by atoms with Crippen LogP contribution in [0.1, 0.15) is 16.8 Å². The van der Waals surface area contributed by atoms with Crippen LogP contribution in [0.5, 0.6) is 5.88 Å². The largest absolute Gasteiger partial charge is 0.481 e. The van der Waals surface area contributed by atoms with Crippen molar-refractivity contribution < 1.29 is 9.53 Å². The minimum atomic E-state index is 0.0615. The summed E-state index contributed by atoms with van der Waals surface area (Å²) in [5, 5.41) is 0. The number of pyridine rings is 1. The van der Waals surface area contributed by atoms with Crippen LogP contribution >= 0.6 is 0 Å². The third-order valence-corrected chi connectivity index (χ3v) is 2.34. The number of amides is 1. The van der Waals surface area contributed by atoms with Crippen LogP contribution in [0.25, 0.3) is 0 Å². The van der Waals surface area contributed by atoms with Crippen LogP contribution in [0.3, 0.4) is 0 Å². The number of rotatable bonds is 2. The first-order chi connectivity index (χ1) is 6.81. The molecule has 2 rings (SSSR count). The molecule has 4 nitrogen and oxygen atoms in total. The zero-order valence-corrected chi connectivity index (χ0v) is 8.06. The summed E-state index contributed by atoms with van der Waals surface area (Å²) in [6.07, 6.45) is 2.66. The molecule has 0 N–H and O–H groups in total. The van der Waals surface area contributed by atoms with Gasteiger partial charge in [-0.2, -0.15) is 0 Å². The number of methoxy groups -OCH3 is 1. The van der Waals surface area contributed by atoms with E-state index in [1.54, 1.807) is 25.4 Å². The van der Waals surface area contributed by atoms with Crippen molar-refractivity contribution in [2.75, 3.05) is 20.2 Å². The predicted molar refractivity (Wildman–Crippen MR) is 51.3 cm³/mol. The molecule has 1 saturated heterocycles. The summed E-state index contributed by atoms with van der Waals surface area (Å²) < 4.78 is 4.91. The standard InChI is InChI=1S/C10H12N2O2/c1-14-9-4-3-8(7-11-9)10(13)12-5-2-6-12/h3-4,7H,2,5-6H2,1H3. The van der Waals surface area contributed by atoms with Crippen LogP contribution in [-0.4, -0.2) is 36.0 Å². The number of hydrogen-bond donors (Lipinski definition) is 0. The summed E-state index contributed by atoms with van der Waals surface area (Å²) in [5.74, 6) is 0.594. The van der Waals surface area contributed by atoms with Gasteiger partial charge >= 0.3 is 0 Å². The second-order valence-corrected chi connectivity index (χ2v) is 3.23. The van der Waals surface area contributed by atoms with Gasteiger partial charge in [0, 0.05) is 25.4 Å². The van der Waals surface area contributed by atoms with Gasteiger partial charge in [-0.15, -0.1) is 0 Å². The monoisotopic (exact) mass is 192 g/mol. The highest BCUT2D eigenvalue weighted by molar-refractivity contribution is 5.94. The normalized spacial score (nSPS) is 14.8. The molecule has 1 aromatic heterocycles. The molecule has 0 aromatic carbocycles. The van der Waals surface area contributed by atoms with Crippen molar-refractivity contribution >= 4 is 5.91 Å². The molecule has 4 heteroatoms. The molecule has 0 radical (unpaired) electrons. The lowest BCUT2D eigenvalue weighted by Crippen LogP contribution is -2.42. The average molecular weight is 192 g/mol. The van der Waals surface area contributed by atoms with E-state index < -0.39 is 0 Å². The van der Waals surface area contributed by atoms with Crippen molar-refractivity contribution in [3.05, 3.63) is 23.9 Å². The van der Waals surface area contributed by atoms with Gasteiger partial charge in [0.1, 0.15) is 0 Å². The van der Waals surface area contributed by atoms with Crippen molar-refractivity contribution in [1.82, 2.24) is 9.88 Å². The Bertz CT molecular complexity index is 330. The highest BCUT2D eigenvalue weighted by Gasteiger charge is 2.21. The molecule has 0 atom stereocenters. The van der Waals surface area contributed by atoms with Crippen LogP contribution in [0.2, 0.25) is 0 Å². The fourth-order valence-electron chi connectivity index (χ4n) is 1.33. The Labute approximate surface area is 82.5 Å². The van der Waals surface area contributed by atoms with Crippen molar-refractivity contribution in [3.8, 4) is 5.88 Å². The zero-order valence-electron chi connectivity index (χ0n) is 8.06. The Morgan fingerprint density at radius 3 is 2.71 bits per heavy atom. The van der Waals surface area contributed by atoms with Gasteiger partial charge < -0.3 is 9.64 Å². The maximum Gasteiger partial charge on any atom is 0.255 e. The maximum atomic E-state index is 11.7. The fourth-order valence-corrected chi connectivity index (χ4v) is 1.33. The Morgan fingerprint density at radius 2 is 2.29 bits per heavy atom. The molecular formula is C10H12N2O2. The van der Waals surface area contributed by atoms with Gasteiger partial charge in [-0.1, -0.05) is 0 Å². The van der Waals surface area contributed by atoms with Crippen LogP contribution in [0, 0.1) is 0 Å². The van der Waals surface area contributed by atoms with Crippen molar-refractivity contribution in [1.29, 1.82) is 0 Å². The van der Waals surface area contributed by atoms with Crippen molar-refractivity contribution in [3.63, 3.8) is 0 Å². The molecule has 1 aliphatic heterocycles. The molecule has 14 heavy (non-hydrogen) atoms. The molecule has 0 saturated carbocycles. The first-order valence-electron chi connectivity index (χ1n) is 4.60. The van der Waals surface area contributed by atoms with E-state index in [0.29, 0.717) is 11.4 Å². The Kier molecular flexibility index (Phi) is 2.35. The topological polar surface area (TPSA) is 42.4 Å². The third kappa shape index (κ3) is 1.55. The summed E-state index contributed by atoms with van der Waals surface area (Å²) in [5.41, 5.74) is 0.630. The highest BCUT2D eigenvalue weighted by Crippen LogP contribution is 2.13. The van der Waals surface area contributed by atoms with Gasteiger partial charge in [-0.3, -0.25) is 4.79 Å². The molecule has 0 unspecified atom stereocenters. The van der Waals surface area contributed by atoms with Gasteiger partial charge in [0.05, 0.1) is 12.7 Å². The number of nitrogens with zero attached hydrogens (tertiary/aromatic N) is 2. The molecule has 1 fully saturated rings. The number of carbonyl (C=O) groups is 1. The van der Waals surface area contributed by atoms with Gasteiger partial charge in [0.25, 0.3) is 5.91 Å². The summed E-state index contributed by atoms with van der Waals surface area (Å²) in [7, 11) is 1.55. The summed E-state index contributed by atoms with van der Waals surface area (Å²) >= 11 is 0. The molecule has 74 valence electrons. The van der Waals surface area contributed by atoms with Gasteiger partial charge in [0.2, 0.25) is 5.88 Å². The molecule has 1 amide bonds. The SMILES string of the molecule is COc1ccc(C(=O)N2CCC2)cn1. The Balaban J connectivity index is 2.11. The van der Waals surface area contributed by atoms with E-state index in [4.69, 9.17) is 4.74 Å². The molecule has 0 spiro atoms.